The van der Waals surface area contributed by atoms with Gasteiger partial charge in [-0.25, -0.2) is 4.98 Å². The minimum Gasteiger partial charge on any atom is -0.375 e. The number of hydrogen-bond acceptors (Lipinski definition) is 5. The highest BCUT2D eigenvalue weighted by molar-refractivity contribution is 5.46. The van der Waals surface area contributed by atoms with Gasteiger partial charge in [0.2, 0.25) is 0 Å². The van der Waals surface area contributed by atoms with E-state index in [9.17, 15) is 0 Å². The van der Waals surface area contributed by atoms with Crippen LogP contribution in [0.25, 0.3) is 5.78 Å². The summed E-state index contributed by atoms with van der Waals surface area (Å²) in [6.07, 6.45) is 5.64. The zero-order valence-corrected chi connectivity index (χ0v) is 13.8. The number of benzene rings is 1. The van der Waals surface area contributed by atoms with Gasteiger partial charge in [-0.15, -0.1) is 0 Å². The first-order valence-corrected chi connectivity index (χ1v) is 8.36. The highest BCUT2D eigenvalue weighted by Gasteiger charge is 2.27. The third-order valence-electron chi connectivity index (χ3n) is 4.49. The predicted molar refractivity (Wildman–Crippen MR) is 92.0 cm³/mol. The zero-order chi connectivity index (χ0) is 16.4. The molecule has 1 aliphatic rings. The number of anilines is 1. The number of ether oxygens (including phenoxy) is 1. The predicted octanol–water partition coefficient (Wildman–Crippen LogP) is 2.62. The second-order valence-electron chi connectivity index (χ2n) is 6.27. The summed E-state index contributed by atoms with van der Waals surface area (Å²) in [5, 5.41) is 4.30. The van der Waals surface area contributed by atoms with E-state index in [1.807, 2.05) is 6.07 Å². The molecular weight excluding hydrogens is 302 g/mol. The molecule has 24 heavy (non-hydrogen) atoms. The van der Waals surface area contributed by atoms with E-state index in [0.29, 0.717) is 25.0 Å². The standard InChI is InChI=1S/C18H21N5O/c1-14-4-2-5-15(10-14)11-24-12-16-6-3-9-22(16)17-7-8-19-18-20-13-21-23(17)18/h2,4-5,7-8,10,13,16H,3,6,9,11-12H2,1H3/t16-/m1/s1. The van der Waals surface area contributed by atoms with Crippen LogP contribution in [0.2, 0.25) is 0 Å². The minimum absolute atomic E-state index is 0.365. The molecule has 124 valence electrons. The van der Waals surface area contributed by atoms with E-state index in [1.54, 1.807) is 17.0 Å². The van der Waals surface area contributed by atoms with Crippen LogP contribution in [0.5, 0.6) is 0 Å². The Morgan fingerprint density at radius 1 is 1.25 bits per heavy atom. The Bertz CT molecular complexity index is 831. The molecule has 0 radical (unpaired) electrons. The van der Waals surface area contributed by atoms with E-state index in [2.05, 4.69) is 51.2 Å². The summed E-state index contributed by atoms with van der Waals surface area (Å²) in [6.45, 7) is 4.49. The van der Waals surface area contributed by atoms with Crippen LogP contribution in [-0.2, 0) is 11.3 Å². The Labute approximate surface area is 141 Å². The lowest BCUT2D eigenvalue weighted by Crippen LogP contribution is -2.34. The van der Waals surface area contributed by atoms with Crippen molar-refractivity contribution < 1.29 is 4.74 Å². The van der Waals surface area contributed by atoms with Gasteiger partial charge in [0.1, 0.15) is 12.1 Å². The maximum atomic E-state index is 6.00. The Hall–Kier alpha value is -2.47. The summed E-state index contributed by atoms with van der Waals surface area (Å²) in [5.41, 5.74) is 2.49. The quantitative estimate of drug-likeness (QED) is 0.722. The summed E-state index contributed by atoms with van der Waals surface area (Å²) in [6, 6.07) is 10.8. The van der Waals surface area contributed by atoms with Gasteiger partial charge in [0, 0.05) is 12.7 Å². The molecule has 0 saturated carbocycles. The van der Waals surface area contributed by atoms with E-state index in [-0.39, 0.29) is 0 Å². The molecule has 1 aromatic carbocycles. The van der Waals surface area contributed by atoms with Gasteiger partial charge in [0.05, 0.1) is 19.3 Å². The van der Waals surface area contributed by atoms with E-state index in [0.717, 1.165) is 25.2 Å². The van der Waals surface area contributed by atoms with Gasteiger partial charge in [0.15, 0.2) is 0 Å². The summed E-state index contributed by atoms with van der Waals surface area (Å²) in [7, 11) is 0. The molecule has 6 nitrogen and oxygen atoms in total. The summed E-state index contributed by atoms with van der Waals surface area (Å²) >= 11 is 0. The lowest BCUT2D eigenvalue weighted by molar-refractivity contribution is 0.108. The largest absolute Gasteiger partial charge is 0.375 e. The van der Waals surface area contributed by atoms with Crippen LogP contribution in [0.3, 0.4) is 0 Å². The van der Waals surface area contributed by atoms with Crippen LogP contribution in [0, 0.1) is 6.92 Å². The second-order valence-corrected chi connectivity index (χ2v) is 6.27. The Morgan fingerprint density at radius 3 is 3.12 bits per heavy atom. The van der Waals surface area contributed by atoms with E-state index in [1.165, 1.54) is 11.1 Å². The molecule has 1 saturated heterocycles. The van der Waals surface area contributed by atoms with Gasteiger partial charge in [-0.2, -0.15) is 14.6 Å². The smallest absolute Gasteiger partial charge is 0.254 e. The number of aromatic nitrogens is 4. The molecule has 0 bridgehead atoms. The monoisotopic (exact) mass is 323 g/mol. The molecule has 0 unspecified atom stereocenters. The van der Waals surface area contributed by atoms with Gasteiger partial charge in [-0.1, -0.05) is 29.8 Å². The van der Waals surface area contributed by atoms with Crippen molar-refractivity contribution in [3.63, 3.8) is 0 Å². The average molecular weight is 323 g/mol. The Balaban J connectivity index is 1.44. The first-order valence-electron chi connectivity index (χ1n) is 8.36. The molecule has 0 spiro atoms. The Morgan fingerprint density at radius 2 is 2.21 bits per heavy atom. The normalized spacial score (nSPS) is 17.7. The molecule has 3 heterocycles. The van der Waals surface area contributed by atoms with Crippen LogP contribution in [0.4, 0.5) is 5.82 Å². The van der Waals surface area contributed by atoms with Crippen LogP contribution in [-0.4, -0.2) is 38.8 Å². The molecule has 0 N–H and O–H groups in total. The van der Waals surface area contributed by atoms with Crippen LogP contribution < -0.4 is 4.90 Å². The van der Waals surface area contributed by atoms with Crippen molar-refractivity contribution in [3.05, 3.63) is 54.0 Å². The molecule has 0 aliphatic carbocycles. The summed E-state index contributed by atoms with van der Waals surface area (Å²) < 4.78 is 7.81. The van der Waals surface area contributed by atoms with Crippen molar-refractivity contribution in [1.29, 1.82) is 0 Å². The van der Waals surface area contributed by atoms with Crippen molar-refractivity contribution >= 4 is 11.6 Å². The fourth-order valence-corrected chi connectivity index (χ4v) is 3.37. The number of fused-ring (bicyclic) bond motifs is 1. The van der Waals surface area contributed by atoms with E-state index in [4.69, 9.17) is 4.74 Å². The summed E-state index contributed by atoms with van der Waals surface area (Å²) in [4.78, 5) is 10.8. The number of hydrogen-bond donors (Lipinski definition) is 0. The zero-order valence-electron chi connectivity index (χ0n) is 13.8. The molecule has 6 heteroatoms. The van der Waals surface area contributed by atoms with Gasteiger partial charge in [-0.05, 0) is 31.4 Å². The average Bonchev–Trinajstić information content (AvgIpc) is 3.23. The van der Waals surface area contributed by atoms with Crippen molar-refractivity contribution in [2.24, 2.45) is 0 Å². The van der Waals surface area contributed by atoms with Gasteiger partial charge in [0.25, 0.3) is 5.78 Å². The summed E-state index contributed by atoms with van der Waals surface area (Å²) in [5.74, 6) is 1.68. The maximum absolute atomic E-state index is 6.00. The van der Waals surface area contributed by atoms with Gasteiger partial charge in [-0.3, -0.25) is 0 Å². The van der Waals surface area contributed by atoms with Crippen molar-refractivity contribution in [1.82, 2.24) is 19.6 Å². The number of nitrogens with zero attached hydrogens (tertiary/aromatic N) is 5. The van der Waals surface area contributed by atoms with Crippen molar-refractivity contribution in [3.8, 4) is 0 Å². The second kappa shape index (κ2) is 6.57. The van der Waals surface area contributed by atoms with Crippen LogP contribution in [0.15, 0.2) is 42.9 Å². The third-order valence-corrected chi connectivity index (χ3v) is 4.49. The first-order chi connectivity index (χ1) is 11.8. The Kier molecular flexibility index (Phi) is 4.13. The molecule has 1 fully saturated rings. The van der Waals surface area contributed by atoms with E-state index >= 15 is 0 Å². The lowest BCUT2D eigenvalue weighted by atomic mass is 10.1. The third kappa shape index (κ3) is 2.97. The number of rotatable bonds is 5. The molecule has 1 aliphatic heterocycles. The van der Waals surface area contributed by atoms with Gasteiger partial charge >= 0.3 is 0 Å². The molecule has 3 aromatic rings. The molecule has 4 rings (SSSR count). The molecule has 2 aromatic heterocycles. The first kappa shape index (κ1) is 15.1. The fraction of sp³-hybridized carbons (Fsp3) is 0.389. The van der Waals surface area contributed by atoms with Crippen molar-refractivity contribution in [2.75, 3.05) is 18.1 Å². The highest BCUT2D eigenvalue weighted by Crippen LogP contribution is 2.25. The van der Waals surface area contributed by atoms with Gasteiger partial charge < -0.3 is 9.64 Å². The maximum Gasteiger partial charge on any atom is 0.254 e. The SMILES string of the molecule is Cc1cccc(COC[C@H]2CCCN2c2ccnc3ncnn23)c1. The molecule has 0 amide bonds. The van der Waals surface area contributed by atoms with Crippen LogP contribution >= 0.6 is 0 Å². The van der Waals surface area contributed by atoms with Crippen molar-refractivity contribution in [2.45, 2.75) is 32.4 Å². The lowest BCUT2D eigenvalue weighted by Gasteiger charge is -2.26. The van der Waals surface area contributed by atoms with Crippen LogP contribution in [0.1, 0.15) is 24.0 Å². The minimum atomic E-state index is 0.365. The molecule has 1 atom stereocenters. The topological polar surface area (TPSA) is 55.5 Å². The number of aryl methyl sites for hydroxylation is 1. The fourth-order valence-electron chi connectivity index (χ4n) is 3.37. The highest BCUT2D eigenvalue weighted by atomic mass is 16.5. The van der Waals surface area contributed by atoms with E-state index < -0.39 is 0 Å². The molecular formula is C18H21N5O.